The predicted octanol–water partition coefficient (Wildman–Crippen LogP) is 5.67. The maximum Gasteiger partial charge on any atom is 0.319 e. The third-order valence-corrected chi connectivity index (χ3v) is 12.1. The van der Waals surface area contributed by atoms with Gasteiger partial charge in [-0.2, -0.15) is 5.26 Å². The maximum absolute atomic E-state index is 9.17. The number of anilines is 1. The van der Waals surface area contributed by atoms with Gasteiger partial charge in [0.25, 0.3) is 0 Å². The fourth-order valence-electron chi connectivity index (χ4n) is 5.24. The lowest BCUT2D eigenvalue weighted by atomic mass is 10.1. The van der Waals surface area contributed by atoms with Gasteiger partial charge >= 0.3 is 8.32 Å². The van der Waals surface area contributed by atoms with Crippen LogP contribution in [0.2, 0.25) is 5.04 Å². The standard InChI is InChI=1S/C32H32N4OSi/c1-32(2,3)38(27-10-6-4-7-11-27,28-12-8-5-9-13-28)37-26-17-14-24(15-18-26)20-21-36-30-19-16-25(23-33)22-29(30)35-31(36)34/h4-19,22H,20-21H2,1-3H3,(H2,34,35). The summed E-state index contributed by atoms with van der Waals surface area (Å²) in [6.07, 6.45) is 0.801. The molecule has 1 heterocycles. The Bertz CT molecular complexity index is 1540. The normalized spacial score (nSPS) is 11.8. The highest BCUT2D eigenvalue weighted by molar-refractivity contribution is 7.00. The summed E-state index contributed by atoms with van der Waals surface area (Å²) in [5, 5.41) is 11.6. The SMILES string of the molecule is CC(C)(C)[Si](Oc1ccc(CCn2c(N)nc3cc(C#N)ccc32)cc1)(c1ccccc1)c1ccccc1. The molecule has 5 aromatic rings. The van der Waals surface area contributed by atoms with Gasteiger partial charge in [0.2, 0.25) is 5.95 Å². The number of aryl methyl sites for hydroxylation is 2. The van der Waals surface area contributed by atoms with E-state index in [1.165, 1.54) is 15.9 Å². The Hall–Kier alpha value is -4.34. The Labute approximate surface area is 225 Å². The van der Waals surface area contributed by atoms with Crippen molar-refractivity contribution < 1.29 is 4.43 Å². The van der Waals surface area contributed by atoms with Gasteiger partial charge in [-0.25, -0.2) is 4.98 Å². The van der Waals surface area contributed by atoms with Crippen molar-refractivity contribution in [3.05, 3.63) is 114 Å². The van der Waals surface area contributed by atoms with Crippen LogP contribution >= 0.6 is 0 Å². The molecule has 0 atom stereocenters. The molecule has 4 aromatic carbocycles. The Kier molecular flexibility index (Phi) is 6.79. The molecule has 0 saturated heterocycles. The quantitative estimate of drug-likeness (QED) is 0.283. The highest BCUT2D eigenvalue weighted by atomic mass is 28.4. The van der Waals surface area contributed by atoms with E-state index in [1.807, 2.05) is 10.6 Å². The molecule has 0 saturated carbocycles. The van der Waals surface area contributed by atoms with Gasteiger partial charge in [0.1, 0.15) is 5.75 Å². The van der Waals surface area contributed by atoms with E-state index in [-0.39, 0.29) is 5.04 Å². The molecule has 0 amide bonds. The van der Waals surface area contributed by atoms with Crippen LogP contribution in [0.4, 0.5) is 5.95 Å². The topological polar surface area (TPSA) is 76.9 Å². The van der Waals surface area contributed by atoms with Gasteiger partial charge in [-0.05, 0) is 57.7 Å². The highest BCUT2D eigenvalue weighted by Gasteiger charge is 2.52. The first-order chi connectivity index (χ1) is 18.3. The molecule has 1 aromatic heterocycles. The lowest BCUT2D eigenvalue weighted by molar-refractivity contribution is 0.508. The van der Waals surface area contributed by atoms with Crippen LogP contribution < -0.4 is 20.5 Å². The van der Waals surface area contributed by atoms with E-state index >= 15 is 0 Å². The zero-order valence-corrected chi connectivity index (χ0v) is 23.1. The summed E-state index contributed by atoms with van der Waals surface area (Å²) in [7, 11) is -2.67. The second kappa shape index (κ2) is 10.2. The Morgan fingerprint density at radius 3 is 2.03 bits per heavy atom. The molecule has 0 bridgehead atoms. The Balaban J connectivity index is 1.42. The number of fused-ring (bicyclic) bond motifs is 1. The molecule has 0 radical (unpaired) electrons. The molecule has 190 valence electrons. The van der Waals surface area contributed by atoms with Gasteiger partial charge in [0.15, 0.2) is 0 Å². The molecule has 0 unspecified atom stereocenters. The predicted molar refractivity (Wildman–Crippen MR) is 157 cm³/mol. The number of hydrogen-bond donors (Lipinski definition) is 1. The minimum absolute atomic E-state index is 0.0974. The second-order valence-corrected chi connectivity index (χ2v) is 14.8. The second-order valence-electron chi connectivity index (χ2n) is 10.6. The molecule has 0 aliphatic rings. The minimum atomic E-state index is -2.67. The van der Waals surface area contributed by atoms with Gasteiger partial charge < -0.3 is 14.7 Å². The molecular weight excluding hydrogens is 484 g/mol. The summed E-state index contributed by atoms with van der Waals surface area (Å²) < 4.78 is 9.12. The summed E-state index contributed by atoms with van der Waals surface area (Å²) in [6.45, 7) is 7.55. The summed E-state index contributed by atoms with van der Waals surface area (Å²) >= 11 is 0. The van der Waals surface area contributed by atoms with Crippen molar-refractivity contribution in [2.45, 2.75) is 38.8 Å². The summed E-state index contributed by atoms with van der Waals surface area (Å²) in [4.78, 5) is 4.44. The number of nitrogens with two attached hydrogens (primary N) is 1. The number of rotatable bonds is 7. The van der Waals surface area contributed by atoms with Crippen LogP contribution in [0.1, 0.15) is 31.9 Å². The van der Waals surface area contributed by atoms with Crippen molar-refractivity contribution in [2.24, 2.45) is 0 Å². The van der Waals surface area contributed by atoms with E-state index in [1.54, 1.807) is 12.1 Å². The largest absolute Gasteiger partial charge is 0.534 e. The number of hydrogen-bond acceptors (Lipinski definition) is 4. The summed E-state index contributed by atoms with van der Waals surface area (Å²) in [5.74, 6) is 1.33. The molecule has 5 nitrogen and oxygen atoms in total. The number of benzene rings is 4. The first kappa shape index (κ1) is 25.3. The molecule has 0 fully saturated rings. The van der Waals surface area contributed by atoms with Gasteiger partial charge in [0.05, 0.1) is 22.7 Å². The molecular formula is C32H32N4OSi. The van der Waals surface area contributed by atoms with Crippen molar-refractivity contribution >= 4 is 35.7 Å². The first-order valence-electron chi connectivity index (χ1n) is 12.9. The van der Waals surface area contributed by atoms with E-state index in [0.29, 0.717) is 18.1 Å². The van der Waals surface area contributed by atoms with Crippen LogP contribution in [-0.4, -0.2) is 17.9 Å². The lowest BCUT2D eigenvalue weighted by Gasteiger charge is -2.43. The van der Waals surface area contributed by atoms with Crippen LogP contribution in [0.15, 0.2) is 103 Å². The van der Waals surface area contributed by atoms with E-state index in [4.69, 9.17) is 15.4 Å². The molecule has 0 aliphatic heterocycles. The highest BCUT2D eigenvalue weighted by Crippen LogP contribution is 2.37. The van der Waals surface area contributed by atoms with Crippen molar-refractivity contribution in [3.63, 3.8) is 0 Å². The third-order valence-electron chi connectivity index (χ3n) is 7.14. The molecule has 6 heteroatoms. The van der Waals surface area contributed by atoms with E-state index in [2.05, 4.69) is 117 Å². The number of imidazole rings is 1. The van der Waals surface area contributed by atoms with Crippen molar-refractivity contribution in [1.82, 2.24) is 9.55 Å². The van der Waals surface area contributed by atoms with Gasteiger partial charge in [-0.1, -0.05) is 93.6 Å². The maximum atomic E-state index is 9.17. The van der Waals surface area contributed by atoms with Crippen molar-refractivity contribution in [1.29, 1.82) is 5.26 Å². The molecule has 38 heavy (non-hydrogen) atoms. The Morgan fingerprint density at radius 1 is 0.868 bits per heavy atom. The molecule has 0 aliphatic carbocycles. The number of nitrogens with zero attached hydrogens (tertiary/aromatic N) is 3. The van der Waals surface area contributed by atoms with E-state index in [0.717, 1.165) is 23.2 Å². The van der Waals surface area contributed by atoms with Crippen LogP contribution in [0, 0.1) is 11.3 Å². The van der Waals surface area contributed by atoms with E-state index < -0.39 is 8.32 Å². The number of aromatic nitrogens is 2. The Morgan fingerprint density at radius 2 is 1.47 bits per heavy atom. The fraction of sp³-hybridized carbons (Fsp3) is 0.188. The van der Waals surface area contributed by atoms with Gasteiger partial charge in [-0.15, -0.1) is 0 Å². The summed E-state index contributed by atoms with van der Waals surface area (Å²) in [5.41, 5.74) is 9.66. The average molecular weight is 517 g/mol. The zero-order chi connectivity index (χ0) is 26.8. The smallest absolute Gasteiger partial charge is 0.319 e. The van der Waals surface area contributed by atoms with Crippen LogP contribution in [0.25, 0.3) is 11.0 Å². The zero-order valence-electron chi connectivity index (χ0n) is 22.1. The fourth-order valence-corrected chi connectivity index (χ4v) is 9.66. The third kappa shape index (κ3) is 4.69. The number of nitriles is 1. The van der Waals surface area contributed by atoms with Crippen molar-refractivity contribution in [3.8, 4) is 11.8 Å². The van der Waals surface area contributed by atoms with Crippen LogP contribution in [-0.2, 0) is 13.0 Å². The monoisotopic (exact) mass is 516 g/mol. The van der Waals surface area contributed by atoms with Gasteiger partial charge in [-0.3, -0.25) is 0 Å². The molecule has 5 rings (SSSR count). The number of nitrogen functional groups attached to an aromatic ring is 1. The van der Waals surface area contributed by atoms with Crippen molar-refractivity contribution in [2.75, 3.05) is 5.73 Å². The summed E-state index contributed by atoms with van der Waals surface area (Å²) in [6, 6.07) is 37.4. The average Bonchev–Trinajstić information content (AvgIpc) is 3.25. The van der Waals surface area contributed by atoms with Crippen LogP contribution in [0.5, 0.6) is 5.75 Å². The first-order valence-corrected chi connectivity index (χ1v) is 14.8. The van der Waals surface area contributed by atoms with Gasteiger partial charge in [0, 0.05) is 6.54 Å². The van der Waals surface area contributed by atoms with Crippen LogP contribution in [0.3, 0.4) is 0 Å². The lowest BCUT2D eigenvalue weighted by Crippen LogP contribution is -2.68. The molecule has 0 spiro atoms. The van der Waals surface area contributed by atoms with E-state index in [9.17, 15) is 0 Å². The minimum Gasteiger partial charge on any atom is -0.534 e. The molecule has 2 N–H and O–H groups in total.